The zero-order valence-electron chi connectivity index (χ0n) is 20.3. The van der Waals surface area contributed by atoms with Crippen LogP contribution in [0.2, 0.25) is 0 Å². The molecule has 4 aromatic heterocycles. The molecule has 6 aromatic rings. The highest BCUT2D eigenvalue weighted by Gasteiger charge is 2.32. The van der Waals surface area contributed by atoms with E-state index in [0.717, 1.165) is 12.1 Å². The van der Waals surface area contributed by atoms with E-state index >= 15 is 0 Å². The molecule has 0 aliphatic carbocycles. The molecule has 0 spiro atoms. The van der Waals surface area contributed by atoms with E-state index in [1.54, 1.807) is 0 Å². The summed E-state index contributed by atoms with van der Waals surface area (Å²) in [6.07, 6.45) is 2.39. The molecule has 0 aliphatic heterocycles. The predicted octanol–water partition coefficient (Wildman–Crippen LogP) is 2.58. The van der Waals surface area contributed by atoms with Crippen LogP contribution in [0.5, 0.6) is 11.5 Å². The Bertz CT molecular complexity index is 2160. The quantitative estimate of drug-likeness (QED) is 0.204. The first-order chi connectivity index (χ1) is 19.1. The Morgan fingerprint density at radius 2 is 0.950 bits per heavy atom. The van der Waals surface area contributed by atoms with E-state index in [1.807, 2.05) is 9.66 Å². The van der Waals surface area contributed by atoms with E-state index in [2.05, 4.69) is 0 Å². The molecule has 16 heteroatoms. The highest BCUT2D eigenvalue weighted by Crippen LogP contribution is 2.42. The minimum atomic E-state index is -4.71. The van der Waals surface area contributed by atoms with Crippen molar-refractivity contribution < 1.29 is 44.0 Å². The first-order valence-electron chi connectivity index (χ1n) is 11.1. The fraction of sp³-hybridized carbons (Fsp3) is 0.0833. The molecule has 2 N–H and O–H groups in total. The highest BCUT2D eigenvalue weighted by molar-refractivity contribution is 7.93. The third-order valence-corrected chi connectivity index (χ3v) is 8.88. The van der Waals surface area contributed by atoms with Gasteiger partial charge < -0.3 is 27.1 Å². The molecule has 0 bridgehead atoms. The van der Waals surface area contributed by atoms with Gasteiger partial charge in [0.1, 0.15) is 9.79 Å². The van der Waals surface area contributed by atoms with Crippen LogP contribution in [0.1, 0.15) is 0 Å². The van der Waals surface area contributed by atoms with Crippen molar-refractivity contribution in [1.29, 1.82) is 0 Å². The summed E-state index contributed by atoms with van der Waals surface area (Å²) >= 11 is 0. The summed E-state index contributed by atoms with van der Waals surface area (Å²) in [5.74, 6) is -0.0541. The number of ether oxygens (including phenoxy) is 2. The number of fused-ring (bicyclic) bond motifs is 4. The van der Waals surface area contributed by atoms with Crippen LogP contribution < -0.4 is 30.4 Å². The molecule has 0 amide bonds. The summed E-state index contributed by atoms with van der Waals surface area (Å²) in [6, 6.07) is 7.08. The van der Waals surface area contributed by atoms with E-state index in [1.165, 1.54) is 51.0 Å². The predicted molar refractivity (Wildman–Crippen MR) is 138 cm³/mol. The molecule has 0 aliphatic rings. The van der Waals surface area contributed by atoms with E-state index in [4.69, 9.17) is 27.1 Å². The summed E-state index contributed by atoms with van der Waals surface area (Å²) in [7, 11) is -6.87. The lowest BCUT2D eigenvalue weighted by Crippen LogP contribution is -2.41. The van der Waals surface area contributed by atoms with Crippen LogP contribution in [0.15, 0.2) is 86.0 Å². The number of benzene rings is 2. The van der Waals surface area contributed by atoms with Crippen molar-refractivity contribution in [3.8, 4) is 11.5 Å². The van der Waals surface area contributed by atoms with Gasteiger partial charge in [-0.3, -0.25) is 0 Å². The smallest absolute Gasteiger partial charge is 0.336 e. The van der Waals surface area contributed by atoms with E-state index < -0.39 is 41.1 Å². The van der Waals surface area contributed by atoms with Gasteiger partial charge in [-0.1, -0.05) is 0 Å². The summed E-state index contributed by atoms with van der Waals surface area (Å²) in [6.45, 7) is 0. The van der Waals surface area contributed by atoms with Gasteiger partial charge in [-0.2, -0.15) is 0 Å². The van der Waals surface area contributed by atoms with Crippen molar-refractivity contribution in [3.63, 3.8) is 0 Å². The van der Waals surface area contributed by atoms with Crippen LogP contribution in [-0.2, 0) is 20.0 Å². The van der Waals surface area contributed by atoms with Crippen LogP contribution >= 0.6 is 0 Å². The zero-order chi connectivity index (χ0) is 28.4. The fourth-order valence-corrected chi connectivity index (χ4v) is 7.40. The van der Waals surface area contributed by atoms with Gasteiger partial charge in [-0.05, 0) is 24.3 Å². The molecule has 14 nitrogen and oxygen atoms in total. The largest absolute Gasteiger partial charge is 0.490 e. The minimum absolute atomic E-state index is 0.0267. The monoisotopic (exact) mass is 588 g/mol. The molecule has 0 fully saturated rings. The second kappa shape index (κ2) is 8.95. The van der Waals surface area contributed by atoms with Gasteiger partial charge in [0.15, 0.2) is 22.3 Å². The van der Waals surface area contributed by atoms with Crippen molar-refractivity contribution in [2.24, 2.45) is 0 Å². The van der Waals surface area contributed by atoms with Crippen LogP contribution in [-0.4, -0.2) is 31.1 Å². The van der Waals surface area contributed by atoms with Gasteiger partial charge in [-0.25, -0.2) is 26.4 Å². The first kappa shape index (κ1) is 25.6. The Balaban J connectivity index is 1.52. The van der Waals surface area contributed by atoms with Gasteiger partial charge in [0.05, 0.1) is 26.7 Å². The third-order valence-electron chi connectivity index (χ3n) is 6.06. The van der Waals surface area contributed by atoms with Gasteiger partial charge in [0.25, 0.3) is 20.0 Å². The fourth-order valence-electron chi connectivity index (χ4n) is 4.51. The molecule has 6 rings (SSSR count). The summed E-state index contributed by atoms with van der Waals surface area (Å²) in [5, 5.41) is -0.102. The third kappa shape index (κ3) is 3.76. The van der Waals surface area contributed by atoms with Crippen LogP contribution in [0.4, 0.5) is 0 Å². The van der Waals surface area contributed by atoms with Crippen LogP contribution in [0, 0.1) is 0 Å². The SMILES string of the molecule is COc1c2occc2c(S(=O)(=O)NNS(=O)(=O)c2c3ccoc3c(OC)c3oc(=O)ccc23)c2ccc(=O)oc12. The van der Waals surface area contributed by atoms with Crippen LogP contribution in [0.25, 0.3) is 43.9 Å². The van der Waals surface area contributed by atoms with Gasteiger partial charge in [0.2, 0.25) is 11.5 Å². The Morgan fingerprint density at radius 3 is 1.32 bits per heavy atom. The second-order valence-corrected chi connectivity index (χ2v) is 11.5. The summed E-state index contributed by atoms with van der Waals surface area (Å²) in [4.78, 5) is 26.7. The van der Waals surface area contributed by atoms with Crippen molar-refractivity contribution in [2.75, 3.05) is 14.2 Å². The maximum absolute atomic E-state index is 13.6. The Kier molecular flexibility index (Phi) is 5.74. The van der Waals surface area contributed by atoms with Crippen molar-refractivity contribution in [1.82, 2.24) is 9.66 Å². The van der Waals surface area contributed by atoms with E-state index in [-0.39, 0.29) is 55.4 Å². The molecule has 0 saturated carbocycles. The molecule has 0 radical (unpaired) electrons. The van der Waals surface area contributed by atoms with Crippen molar-refractivity contribution in [2.45, 2.75) is 9.79 Å². The molecule has 0 unspecified atom stereocenters. The maximum atomic E-state index is 13.6. The molecule has 0 atom stereocenters. The van der Waals surface area contributed by atoms with Gasteiger partial charge in [0, 0.05) is 33.7 Å². The van der Waals surface area contributed by atoms with E-state index in [0.29, 0.717) is 0 Å². The number of hydrogen-bond acceptors (Lipinski definition) is 12. The lowest BCUT2D eigenvalue weighted by Gasteiger charge is -2.15. The topological polar surface area (TPSA) is 197 Å². The lowest BCUT2D eigenvalue weighted by atomic mass is 10.1. The van der Waals surface area contributed by atoms with Crippen LogP contribution in [0.3, 0.4) is 0 Å². The van der Waals surface area contributed by atoms with Gasteiger partial charge in [-0.15, -0.1) is 9.66 Å². The number of methoxy groups -OCH3 is 2. The molecule has 0 saturated heterocycles. The molecular formula is C24H16N2O12S2. The first-order valence-corrected chi connectivity index (χ1v) is 14.1. The van der Waals surface area contributed by atoms with Crippen molar-refractivity contribution >= 4 is 63.9 Å². The maximum Gasteiger partial charge on any atom is 0.336 e. The standard InChI is InChI=1S/C24H16N2O12S2/c1-33-21-17-13(7-9-35-17)23(11-3-5-15(27)37-19(11)21)39(29,30)25-26-40(31,32)24-12-4-6-16(28)38-20(12)22(34-2)18-14(24)8-10-36-18/h3-10,25-26H,1-2H3. The molecule has 206 valence electrons. The lowest BCUT2D eigenvalue weighted by molar-refractivity contribution is 0.402. The average Bonchev–Trinajstić information content (AvgIpc) is 3.59. The second-order valence-electron chi connectivity index (χ2n) is 8.26. The molecule has 40 heavy (non-hydrogen) atoms. The van der Waals surface area contributed by atoms with E-state index in [9.17, 15) is 26.4 Å². The number of hydrazine groups is 1. The average molecular weight is 589 g/mol. The Hall–Kier alpha value is -4.64. The Labute approximate surface area is 222 Å². The minimum Gasteiger partial charge on any atom is -0.490 e. The van der Waals surface area contributed by atoms with Crippen molar-refractivity contribution in [3.05, 3.63) is 69.8 Å². The van der Waals surface area contributed by atoms with Gasteiger partial charge >= 0.3 is 11.3 Å². The molecule has 2 aromatic carbocycles. The summed E-state index contributed by atoms with van der Waals surface area (Å²) < 4.78 is 86.2. The Morgan fingerprint density at radius 1 is 0.575 bits per heavy atom. The number of sulfonamides is 2. The molecular weight excluding hydrogens is 572 g/mol. The number of hydrogen-bond donors (Lipinski definition) is 2. The summed E-state index contributed by atoms with van der Waals surface area (Å²) in [5.41, 5.74) is -2.12. The normalized spacial score (nSPS) is 12.6. The number of nitrogens with one attached hydrogen (secondary N) is 2. The number of furan rings is 2. The molecule has 4 heterocycles. The number of rotatable bonds is 7. The zero-order valence-corrected chi connectivity index (χ0v) is 22.0. The highest BCUT2D eigenvalue weighted by atomic mass is 32.2.